The van der Waals surface area contributed by atoms with Crippen LogP contribution in [0.15, 0.2) is 52.1 Å². The monoisotopic (exact) mass is 553 g/mol. The van der Waals surface area contributed by atoms with Crippen LogP contribution in [0.1, 0.15) is 18.3 Å². The lowest BCUT2D eigenvalue weighted by Gasteiger charge is -2.13. The second-order valence-corrected chi connectivity index (χ2v) is 8.43. The maximum Gasteiger partial charge on any atom is 0.431 e. The summed E-state index contributed by atoms with van der Waals surface area (Å²) >= 11 is 1.13. The van der Waals surface area contributed by atoms with Crippen molar-refractivity contribution in [1.82, 2.24) is 13.5 Å². The molecule has 0 atom stereocenters. The normalized spacial score (nSPS) is 11.1. The Morgan fingerprint density at radius 1 is 1.05 bits per heavy atom. The number of methoxy groups -OCH3 is 2. The molecule has 0 bridgehead atoms. The lowest BCUT2D eigenvalue weighted by molar-refractivity contribution is -0.144. The molecule has 2 heterocycles. The Balaban J connectivity index is 0.000000244. The van der Waals surface area contributed by atoms with Crippen molar-refractivity contribution in [2.24, 2.45) is 7.05 Å². The third-order valence-corrected chi connectivity index (χ3v) is 6.03. The van der Waals surface area contributed by atoms with Gasteiger partial charge >= 0.3 is 17.8 Å². The molecule has 10 nitrogen and oxygen atoms in total. The summed E-state index contributed by atoms with van der Waals surface area (Å²) in [5.74, 6) is 1.21. The standard InChI is InChI=1S/C14H10F3N3O3S.C10H12O4/c1-19-11(14(15,16)17)5-12(22)20(13(19)23)7-2-3-10-8(4-7)9(6-21)18-24-10;1-7(11)14-8-4-5-9(12-2)10(6-8)13-3/h2-5,21H,6H2,1H3;4-6H,1-3H3. The summed E-state index contributed by atoms with van der Waals surface area (Å²) < 4.78 is 59.3. The number of fused-ring (bicyclic) bond motifs is 1. The average molecular weight is 554 g/mol. The van der Waals surface area contributed by atoms with Gasteiger partial charge in [-0.15, -0.1) is 0 Å². The molecule has 4 rings (SSSR count). The molecule has 0 saturated carbocycles. The molecule has 0 aliphatic carbocycles. The van der Waals surface area contributed by atoms with Crippen molar-refractivity contribution in [2.75, 3.05) is 14.2 Å². The Labute approximate surface area is 217 Å². The first-order valence-electron chi connectivity index (χ1n) is 10.7. The average Bonchev–Trinajstić information content (AvgIpc) is 3.28. The topological polar surface area (TPSA) is 122 Å². The highest BCUT2D eigenvalue weighted by molar-refractivity contribution is 7.13. The quantitative estimate of drug-likeness (QED) is 0.295. The molecule has 0 aliphatic heterocycles. The molecule has 0 spiro atoms. The molecular weight excluding hydrogens is 531 g/mol. The van der Waals surface area contributed by atoms with E-state index in [0.29, 0.717) is 43.5 Å². The van der Waals surface area contributed by atoms with E-state index in [4.69, 9.17) is 14.2 Å². The maximum atomic E-state index is 12.9. The zero-order valence-corrected chi connectivity index (χ0v) is 21.3. The summed E-state index contributed by atoms with van der Waals surface area (Å²) in [6.07, 6.45) is -4.81. The molecular formula is C24H22F3N3O7S. The van der Waals surface area contributed by atoms with E-state index in [1.165, 1.54) is 26.2 Å². The number of aliphatic hydroxyl groups excluding tert-OH is 1. The molecule has 0 radical (unpaired) electrons. The van der Waals surface area contributed by atoms with Crippen molar-refractivity contribution < 1.29 is 37.3 Å². The number of rotatable bonds is 5. The summed E-state index contributed by atoms with van der Waals surface area (Å²) in [5, 5.41) is 9.79. The van der Waals surface area contributed by atoms with Gasteiger partial charge in [0.1, 0.15) is 11.4 Å². The number of benzene rings is 2. The van der Waals surface area contributed by atoms with E-state index in [1.54, 1.807) is 31.4 Å². The van der Waals surface area contributed by atoms with Crippen LogP contribution in [-0.4, -0.2) is 38.8 Å². The Kier molecular flexibility index (Phi) is 8.58. The van der Waals surface area contributed by atoms with Crippen LogP contribution in [0, 0.1) is 0 Å². The smallest absolute Gasteiger partial charge is 0.431 e. The number of halogens is 3. The summed E-state index contributed by atoms with van der Waals surface area (Å²) in [6.45, 7) is 1.01. The van der Waals surface area contributed by atoms with Gasteiger partial charge in [0.15, 0.2) is 11.5 Å². The van der Waals surface area contributed by atoms with E-state index in [-0.39, 0.29) is 18.3 Å². The second-order valence-electron chi connectivity index (χ2n) is 7.62. The van der Waals surface area contributed by atoms with Crippen LogP contribution < -0.4 is 25.5 Å². The SMILES string of the molecule is COc1ccc(OC(C)=O)cc1OC.Cn1c(C(F)(F)F)cc(=O)n(-c2ccc3snc(CO)c3c2)c1=O. The van der Waals surface area contributed by atoms with Gasteiger partial charge in [0.2, 0.25) is 0 Å². The first-order valence-corrected chi connectivity index (χ1v) is 11.5. The number of aromatic nitrogens is 3. The minimum atomic E-state index is -4.81. The van der Waals surface area contributed by atoms with E-state index >= 15 is 0 Å². The molecule has 0 saturated heterocycles. The third kappa shape index (κ3) is 6.03. The number of carbonyl (C=O) groups is 1. The van der Waals surface area contributed by atoms with Gasteiger partial charge < -0.3 is 19.3 Å². The van der Waals surface area contributed by atoms with Crippen molar-refractivity contribution in [3.05, 3.63) is 74.7 Å². The molecule has 0 fully saturated rings. The van der Waals surface area contributed by atoms with Crippen molar-refractivity contribution in [2.45, 2.75) is 19.7 Å². The minimum Gasteiger partial charge on any atom is -0.493 e. The minimum absolute atomic E-state index is 0.108. The van der Waals surface area contributed by atoms with Crippen LogP contribution in [0.4, 0.5) is 13.2 Å². The zero-order valence-electron chi connectivity index (χ0n) is 20.5. The van der Waals surface area contributed by atoms with Crippen molar-refractivity contribution in [1.29, 1.82) is 0 Å². The Morgan fingerprint density at radius 3 is 2.32 bits per heavy atom. The summed E-state index contributed by atoms with van der Waals surface area (Å²) in [6, 6.07) is 9.77. The third-order valence-electron chi connectivity index (χ3n) is 5.16. The highest BCUT2D eigenvalue weighted by Crippen LogP contribution is 2.31. The fraction of sp³-hybridized carbons (Fsp3) is 0.250. The number of hydrogen-bond donors (Lipinski definition) is 1. The van der Waals surface area contributed by atoms with Gasteiger partial charge in [0, 0.05) is 31.5 Å². The van der Waals surface area contributed by atoms with Crippen LogP contribution in [-0.2, 0) is 24.6 Å². The van der Waals surface area contributed by atoms with Gasteiger partial charge in [-0.05, 0) is 41.9 Å². The highest BCUT2D eigenvalue weighted by atomic mass is 32.1. The van der Waals surface area contributed by atoms with Gasteiger partial charge in [-0.2, -0.15) is 17.5 Å². The largest absolute Gasteiger partial charge is 0.493 e. The fourth-order valence-corrected chi connectivity index (χ4v) is 4.18. The van der Waals surface area contributed by atoms with Crippen LogP contribution >= 0.6 is 11.5 Å². The van der Waals surface area contributed by atoms with Crippen LogP contribution in [0.5, 0.6) is 17.2 Å². The molecule has 38 heavy (non-hydrogen) atoms. The van der Waals surface area contributed by atoms with E-state index in [0.717, 1.165) is 23.3 Å². The molecule has 202 valence electrons. The van der Waals surface area contributed by atoms with E-state index in [9.17, 15) is 32.7 Å². The van der Waals surface area contributed by atoms with Gasteiger partial charge in [-0.1, -0.05) is 0 Å². The van der Waals surface area contributed by atoms with Crippen LogP contribution in [0.3, 0.4) is 0 Å². The van der Waals surface area contributed by atoms with Gasteiger partial charge in [0.25, 0.3) is 5.56 Å². The summed E-state index contributed by atoms with van der Waals surface area (Å²) in [5.41, 5.74) is -3.03. The molecule has 2 aromatic carbocycles. The highest BCUT2D eigenvalue weighted by Gasteiger charge is 2.35. The Morgan fingerprint density at radius 2 is 1.74 bits per heavy atom. The number of hydrogen-bond acceptors (Lipinski definition) is 9. The number of aliphatic hydroxyl groups is 1. The number of carbonyl (C=O) groups excluding carboxylic acids is 1. The molecule has 1 N–H and O–H groups in total. The molecule has 0 amide bonds. The molecule has 14 heteroatoms. The molecule has 4 aromatic rings. The van der Waals surface area contributed by atoms with Gasteiger partial charge in [-0.25, -0.2) is 9.36 Å². The summed E-state index contributed by atoms with van der Waals surface area (Å²) in [4.78, 5) is 35.0. The maximum absolute atomic E-state index is 12.9. The fourth-order valence-electron chi connectivity index (χ4n) is 3.41. The Bertz CT molecular complexity index is 1590. The van der Waals surface area contributed by atoms with E-state index < -0.39 is 23.1 Å². The number of nitrogens with zero attached hydrogens (tertiary/aromatic N) is 3. The van der Waals surface area contributed by atoms with Crippen molar-refractivity contribution >= 4 is 27.6 Å². The predicted molar refractivity (Wildman–Crippen MR) is 132 cm³/mol. The first kappa shape index (κ1) is 28.4. The molecule has 2 aromatic heterocycles. The predicted octanol–water partition coefficient (Wildman–Crippen LogP) is 3.29. The van der Waals surface area contributed by atoms with Crippen LogP contribution in [0.2, 0.25) is 0 Å². The summed E-state index contributed by atoms with van der Waals surface area (Å²) in [7, 11) is 4.02. The Hall–Kier alpha value is -4.17. The van der Waals surface area contributed by atoms with Gasteiger partial charge in [0.05, 0.1) is 36.9 Å². The number of alkyl halides is 3. The van der Waals surface area contributed by atoms with E-state index in [2.05, 4.69) is 4.37 Å². The second kappa shape index (κ2) is 11.5. The zero-order chi connectivity index (χ0) is 28.2. The van der Waals surface area contributed by atoms with Crippen molar-refractivity contribution in [3.63, 3.8) is 0 Å². The lowest BCUT2D eigenvalue weighted by Crippen LogP contribution is -2.40. The van der Waals surface area contributed by atoms with E-state index in [1.807, 2.05) is 0 Å². The molecule has 0 unspecified atom stereocenters. The molecule has 0 aliphatic rings. The number of esters is 1. The first-order chi connectivity index (χ1) is 17.9. The number of ether oxygens (including phenoxy) is 3. The van der Waals surface area contributed by atoms with Crippen LogP contribution in [0.25, 0.3) is 15.8 Å². The lowest BCUT2D eigenvalue weighted by atomic mass is 10.2. The van der Waals surface area contributed by atoms with Gasteiger partial charge in [-0.3, -0.25) is 14.2 Å². The van der Waals surface area contributed by atoms with Crippen molar-refractivity contribution in [3.8, 4) is 22.9 Å².